The maximum Gasteiger partial charge on any atom is 0.0558 e. The van der Waals surface area contributed by atoms with Crippen LogP contribution >= 0.6 is 0 Å². The van der Waals surface area contributed by atoms with Crippen molar-refractivity contribution in [2.24, 2.45) is 11.7 Å². The Morgan fingerprint density at radius 1 is 1.15 bits per heavy atom. The molecule has 0 aliphatic carbocycles. The van der Waals surface area contributed by atoms with Crippen LogP contribution in [0.1, 0.15) is 45.2 Å². The fourth-order valence-electron chi connectivity index (χ4n) is 2.84. The molecule has 114 valence electrons. The van der Waals surface area contributed by atoms with E-state index in [9.17, 15) is 5.11 Å². The van der Waals surface area contributed by atoms with Crippen LogP contribution in [-0.4, -0.2) is 35.7 Å². The first kappa shape index (κ1) is 17.2. The molecule has 2 unspecified atom stereocenters. The van der Waals surface area contributed by atoms with Crippen molar-refractivity contribution in [1.82, 2.24) is 4.90 Å². The van der Waals surface area contributed by atoms with E-state index in [-0.39, 0.29) is 12.6 Å². The average molecular weight is 278 g/mol. The zero-order chi connectivity index (χ0) is 15.0. The lowest BCUT2D eigenvalue weighted by Crippen LogP contribution is -2.41. The minimum Gasteiger partial charge on any atom is -0.395 e. The van der Waals surface area contributed by atoms with Gasteiger partial charge in [-0.1, -0.05) is 51.1 Å². The summed E-state index contributed by atoms with van der Waals surface area (Å²) in [5.41, 5.74) is 7.57. The van der Waals surface area contributed by atoms with Gasteiger partial charge in [0.2, 0.25) is 0 Å². The molecule has 1 rings (SSSR count). The second-order valence-corrected chi connectivity index (χ2v) is 5.60. The van der Waals surface area contributed by atoms with Gasteiger partial charge in [0, 0.05) is 25.2 Å². The molecule has 0 amide bonds. The summed E-state index contributed by atoms with van der Waals surface area (Å²) in [7, 11) is 0. The number of aliphatic hydroxyl groups is 1. The van der Waals surface area contributed by atoms with Crippen molar-refractivity contribution in [3.05, 3.63) is 35.9 Å². The zero-order valence-corrected chi connectivity index (χ0v) is 13.1. The molecule has 0 spiro atoms. The first-order valence-electron chi connectivity index (χ1n) is 7.79. The zero-order valence-electron chi connectivity index (χ0n) is 13.1. The van der Waals surface area contributed by atoms with Crippen molar-refractivity contribution in [1.29, 1.82) is 0 Å². The van der Waals surface area contributed by atoms with Crippen LogP contribution in [0.3, 0.4) is 0 Å². The summed E-state index contributed by atoms with van der Waals surface area (Å²) in [6.07, 6.45) is 2.23. The topological polar surface area (TPSA) is 49.5 Å². The highest BCUT2D eigenvalue weighted by molar-refractivity contribution is 5.19. The predicted molar refractivity (Wildman–Crippen MR) is 85.6 cm³/mol. The highest BCUT2D eigenvalue weighted by Crippen LogP contribution is 2.21. The van der Waals surface area contributed by atoms with Crippen LogP contribution in [0.2, 0.25) is 0 Å². The van der Waals surface area contributed by atoms with Crippen molar-refractivity contribution < 1.29 is 5.11 Å². The molecule has 0 aliphatic rings. The highest BCUT2D eigenvalue weighted by atomic mass is 16.3. The lowest BCUT2D eigenvalue weighted by Gasteiger charge is -2.34. The van der Waals surface area contributed by atoms with Gasteiger partial charge in [0.15, 0.2) is 0 Å². The van der Waals surface area contributed by atoms with Gasteiger partial charge in [0.1, 0.15) is 0 Å². The van der Waals surface area contributed by atoms with Crippen LogP contribution in [-0.2, 0) is 0 Å². The number of hydrogen-bond acceptors (Lipinski definition) is 3. The van der Waals surface area contributed by atoms with Crippen molar-refractivity contribution in [3.8, 4) is 0 Å². The first-order chi connectivity index (χ1) is 9.63. The van der Waals surface area contributed by atoms with E-state index >= 15 is 0 Å². The van der Waals surface area contributed by atoms with Gasteiger partial charge in [-0.3, -0.25) is 4.90 Å². The Balaban J connectivity index is 2.67. The molecular formula is C17H30N2O. The van der Waals surface area contributed by atoms with Gasteiger partial charge in [0.25, 0.3) is 0 Å². The number of aliphatic hydroxyl groups excluding tert-OH is 1. The number of hydrogen-bond donors (Lipinski definition) is 2. The summed E-state index contributed by atoms with van der Waals surface area (Å²) in [6, 6.07) is 10.9. The largest absolute Gasteiger partial charge is 0.395 e. The highest BCUT2D eigenvalue weighted by Gasteiger charge is 2.21. The Labute approximate surface area is 123 Å². The van der Waals surface area contributed by atoms with E-state index in [2.05, 4.69) is 37.8 Å². The van der Waals surface area contributed by atoms with Crippen molar-refractivity contribution >= 4 is 0 Å². The first-order valence-corrected chi connectivity index (χ1v) is 7.79. The fourth-order valence-corrected chi connectivity index (χ4v) is 2.84. The maximum absolute atomic E-state index is 9.27. The summed E-state index contributed by atoms with van der Waals surface area (Å²) in [4.78, 5) is 2.38. The van der Waals surface area contributed by atoms with E-state index in [1.165, 1.54) is 5.56 Å². The molecule has 0 fully saturated rings. The molecule has 2 atom stereocenters. The second-order valence-electron chi connectivity index (χ2n) is 5.60. The lowest BCUT2D eigenvalue weighted by atomic mass is 9.94. The van der Waals surface area contributed by atoms with Gasteiger partial charge >= 0.3 is 0 Å². The van der Waals surface area contributed by atoms with Gasteiger partial charge in [0.05, 0.1) is 6.61 Å². The third-order valence-electron chi connectivity index (χ3n) is 4.17. The Hall–Kier alpha value is -0.900. The van der Waals surface area contributed by atoms with E-state index in [1.54, 1.807) is 0 Å². The molecule has 3 nitrogen and oxygen atoms in total. The van der Waals surface area contributed by atoms with Gasteiger partial charge in [-0.05, 0) is 24.3 Å². The standard InChI is InChI=1S/C17H30N2O/c1-4-16(5-2)19(11-12-20)13-14(3)17(18)15-9-7-6-8-10-15/h6-10,14,16-17,20H,4-5,11-13,18H2,1-3H3. The molecule has 0 aliphatic heterocycles. The van der Waals surface area contributed by atoms with E-state index in [0.29, 0.717) is 12.0 Å². The Morgan fingerprint density at radius 2 is 1.75 bits per heavy atom. The number of benzene rings is 1. The molecule has 1 aromatic rings. The summed E-state index contributed by atoms with van der Waals surface area (Å²) in [5, 5.41) is 9.27. The molecule has 0 radical (unpaired) electrons. The molecule has 0 saturated heterocycles. The smallest absolute Gasteiger partial charge is 0.0558 e. The maximum atomic E-state index is 9.27. The van der Waals surface area contributed by atoms with Gasteiger partial charge < -0.3 is 10.8 Å². The molecule has 0 bridgehead atoms. The van der Waals surface area contributed by atoms with Crippen LogP contribution in [0.5, 0.6) is 0 Å². The van der Waals surface area contributed by atoms with E-state index in [1.807, 2.05) is 18.2 Å². The third-order valence-corrected chi connectivity index (χ3v) is 4.17. The molecule has 20 heavy (non-hydrogen) atoms. The summed E-state index contributed by atoms with van der Waals surface area (Å²) < 4.78 is 0. The average Bonchev–Trinajstić information content (AvgIpc) is 2.48. The second kappa shape index (κ2) is 9.11. The van der Waals surface area contributed by atoms with E-state index < -0.39 is 0 Å². The number of rotatable bonds is 9. The molecule has 0 heterocycles. The normalized spacial score (nSPS) is 14.8. The van der Waals surface area contributed by atoms with Crippen molar-refractivity contribution in [3.63, 3.8) is 0 Å². The van der Waals surface area contributed by atoms with E-state index in [0.717, 1.165) is 25.9 Å². The van der Waals surface area contributed by atoms with E-state index in [4.69, 9.17) is 5.73 Å². The Morgan fingerprint density at radius 3 is 2.25 bits per heavy atom. The molecule has 3 N–H and O–H groups in total. The minimum absolute atomic E-state index is 0.0479. The monoisotopic (exact) mass is 278 g/mol. The predicted octanol–water partition coefficient (Wildman–Crippen LogP) is 2.81. The molecule has 0 aromatic heterocycles. The quantitative estimate of drug-likeness (QED) is 0.730. The van der Waals surface area contributed by atoms with Crippen LogP contribution < -0.4 is 5.73 Å². The summed E-state index contributed by atoms with van der Waals surface area (Å²) in [5.74, 6) is 0.365. The SMILES string of the molecule is CCC(CC)N(CCO)CC(C)C(N)c1ccccc1. The van der Waals surface area contributed by atoms with Crippen molar-refractivity contribution in [2.75, 3.05) is 19.7 Å². The fraction of sp³-hybridized carbons (Fsp3) is 0.647. The van der Waals surface area contributed by atoms with Gasteiger partial charge in [-0.2, -0.15) is 0 Å². The Kier molecular flexibility index (Phi) is 7.82. The molecular weight excluding hydrogens is 248 g/mol. The molecule has 3 heteroatoms. The Bertz CT molecular complexity index is 351. The summed E-state index contributed by atoms with van der Waals surface area (Å²) in [6.45, 7) is 8.50. The van der Waals surface area contributed by atoms with Crippen LogP contribution in [0, 0.1) is 5.92 Å². The van der Waals surface area contributed by atoms with Gasteiger partial charge in [-0.25, -0.2) is 0 Å². The van der Waals surface area contributed by atoms with Crippen LogP contribution in [0.25, 0.3) is 0 Å². The van der Waals surface area contributed by atoms with Crippen LogP contribution in [0.15, 0.2) is 30.3 Å². The third kappa shape index (κ3) is 4.89. The van der Waals surface area contributed by atoms with Crippen LogP contribution in [0.4, 0.5) is 0 Å². The lowest BCUT2D eigenvalue weighted by molar-refractivity contribution is 0.121. The molecule has 1 aromatic carbocycles. The number of nitrogens with zero attached hydrogens (tertiary/aromatic N) is 1. The number of nitrogens with two attached hydrogens (primary N) is 1. The van der Waals surface area contributed by atoms with Gasteiger partial charge in [-0.15, -0.1) is 0 Å². The molecule has 0 saturated carbocycles. The minimum atomic E-state index is 0.0479. The summed E-state index contributed by atoms with van der Waals surface area (Å²) >= 11 is 0. The van der Waals surface area contributed by atoms with Crippen molar-refractivity contribution in [2.45, 2.75) is 45.7 Å².